The number of anilines is 2. The van der Waals surface area contributed by atoms with Gasteiger partial charge < -0.3 is 16.2 Å². The fourth-order valence-corrected chi connectivity index (χ4v) is 2.05. The van der Waals surface area contributed by atoms with Crippen molar-refractivity contribution in [2.75, 3.05) is 17.6 Å². The number of hydrogen-bond acceptors (Lipinski definition) is 4. The molecule has 2 rings (SSSR count). The number of aliphatic hydroxyl groups is 1. The second kappa shape index (κ2) is 4.49. The van der Waals surface area contributed by atoms with E-state index in [4.69, 9.17) is 5.73 Å². The Morgan fingerprint density at radius 3 is 3.07 bits per heavy atom. The van der Waals surface area contributed by atoms with Crippen LogP contribution in [0.5, 0.6) is 0 Å². The molecule has 1 saturated carbocycles. The van der Waals surface area contributed by atoms with E-state index in [9.17, 15) is 5.11 Å². The Morgan fingerprint density at radius 1 is 1.53 bits per heavy atom. The Balaban J connectivity index is 1.83. The number of nitrogens with two attached hydrogens (primary N) is 1. The summed E-state index contributed by atoms with van der Waals surface area (Å²) in [6.45, 7) is 0.903. The number of nitrogen functional groups attached to an aromatic ring is 1. The van der Waals surface area contributed by atoms with Crippen molar-refractivity contribution in [3.63, 3.8) is 0 Å². The van der Waals surface area contributed by atoms with Gasteiger partial charge in [-0.1, -0.05) is 0 Å². The highest BCUT2D eigenvalue weighted by Gasteiger charge is 2.22. The maximum atomic E-state index is 9.38. The summed E-state index contributed by atoms with van der Waals surface area (Å²) in [4.78, 5) is 3.93. The molecule has 1 aromatic heterocycles. The van der Waals surface area contributed by atoms with E-state index in [0.29, 0.717) is 11.7 Å². The summed E-state index contributed by atoms with van der Waals surface area (Å²) in [6.07, 6.45) is 4.55. The first-order valence-electron chi connectivity index (χ1n) is 5.37. The van der Waals surface area contributed by atoms with Crippen LogP contribution < -0.4 is 11.1 Å². The lowest BCUT2D eigenvalue weighted by molar-refractivity contribution is 0.178. The summed E-state index contributed by atoms with van der Waals surface area (Å²) in [5.41, 5.74) is 6.58. The molecule has 0 spiro atoms. The average Bonchev–Trinajstić information content (AvgIpc) is 2.62. The maximum absolute atomic E-state index is 9.38. The molecule has 4 heteroatoms. The van der Waals surface area contributed by atoms with Gasteiger partial charge in [-0.25, -0.2) is 4.98 Å². The van der Waals surface area contributed by atoms with Gasteiger partial charge in [-0.2, -0.15) is 0 Å². The van der Waals surface area contributed by atoms with Gasteiger partial charge in [-0.05, 0) is 31.2 Å². The SMILES string of the molecule is Nc1cc(NCC2CCC(O)C2)ccn1. The fourth-order valence-electron chi connectivity index (χ4n) is 2.05. The van der Waals surface area contributed by atoms with Crippen LogP contribution >= 0.6 is 0 Å². The third-order valence-electron chi connectivity index (χ3n) is 2.89. The molecule has 15 heavy (non-hydrogen) atoms. The van der Waals surface area contributed by atoms with Gasteiger partial charge in [-0.15, -0.1) is 0 Å². The molecular weight excluding hydrogens is 190 g/mol. The van der Waals surface area contributed by atoms with Crippen molar-refractivity contribution in [3.8, 4) is 0 Å². The minimum Gasteiger partial charge on any atom is -0.393 e. The molecule has 2 atom stereocenters. The molecule has 1 fully saturated rings. The van der Waals surface area contributed by atoms with Crippen LogP contribution in [0.15, 0.2) is 18.3 Å². The summed E-state index contributed by atoms with van der Waals surface area (Å²) in [5.74, 6) is 1.11. The zero-order chi connectivity index (χ0) is 10.7. The van der Waals surface area contributed by atoms with Crippen LogP contribution in [0.4, 0.5) is 11.5 Å². The molecule has 1 heterocycles. The summed E-state index contributed by atoms with van der Waals surface area (Å²) < 4.78 is 0. The van der Waals surface area contributed by atoms with Crippen LogP contribution in [0.1, 0.15) is 19.3 Å². The van der Waals surface area contributed by atoms with E-state index >= 15 is 0 Å². The van der Waals surface area contributed by atoms with E-state index in [-0.39, 0.29) is 6.10 Å². The molecule has 1 aliphatic carbocycles. The molecule has 1 aromatic rings. The molecule has 4 N–H and O–H groups in total. The van der Waals surface area contributed by atoms with Gasteiger partial charge in [0.05, 0.1) is 6.10 Å². The molecule has 0 bridgehead atoms. The Morgan fingerprint density at radius 2 is 2.40 bits per heavy atom. The highest BCUT2D eigenvalue weighted by molar-refractivity contribution is 5.49. The molecule has 0 aliphatic heterocycles. The van der Waals surface area contributed by atoms with Crippen molar-refractivity contribution >= 4 is 11.5 Å². The quantitative estimate of drug-likeness (QED) is 0.697. The highest BCUT2D eigenvalue weighted by Crippen LogP contribution is 2.25. The van der Waals surface area contributed by atoms with Crippen LogP contribution in [0.2, 0.25) is 0 Å². The van der Waals surface area contributed by atoms with Crippen molar-refractivity contribution in [1.82, 2.24) is 4.98 Å². The fraction of sp³-hybridized carbons (Fsp3) is 0.545. The van der Waals surface area contributed by atoms with E-state index < -0.39 is 0 Å². The lowest BCUT2D eigenvalue weighted by Crippen LogP contribution is -2.12. The summed E-state index contributed by atoms with van der Waals surface area (Å²) in [5, 5.41) is 12.7. The average molecular weight is 207 g/mol. The first-order chi connectivity index (χ1) is 7.24. The van der Waals surface area contributed by atoms with E-state index in [2.05, 4.69) is 10.3 Å². The lowest BCUT2D eigenvalue weighted by Gasteiger charge is -2.11. The maximum Gasteiger partial charge on any atom is 0.125 e. The van der Waals surface area contributed by atoms with Crippen LogP contribution in [-0.4, -0.2) is 22.7 Å². The van der Waals surface area contributed by atoms with Gasteiger partial charge in [0.1, 0.15) is 5.82 Å². The number of aliphatic hydroxyl groups excluding tert-OH is 1. The molecule has 1 aliphatic rings. The van der Waals surface area contributed by atoms with Crippen LogP contribution in [0, 0.1) is 5.92 Å². The van der Waals surface area contributed by atoms with Crippen molar-refractivity contribution < 1.29 is 5.11 Å². The van der Waals surface area contributed by atoms with Gasteiger partial charge in [-0.3, -0.25) is 0 Å². The molecule has 0 aromatic carbocycles. The number of hydrogen-bond donors (Lipinski definition) is 3. The normalized spacial score (nSPS) is 25.4. The van der Waals surface area contributed by atoms with E-state index in [1.54, 1.807) is 6.20 Å². The Kier molecular flexibility index (Phi) is 3.06. The minimum atomic E-state index is -0.0979. The van der Waals surface area contributed by atoms with E-state index in [0.717, 1.165) is 31.5 Å². The molecule has 0 amide bonds. The van der Waals surface area contributed by atoms with Gasteiger partial charge in [0.15, 0.2) is 0 Å². The van der Waals surface area contributed by atoms with Crippen LogP contribution in [-0.2, 0) is 0 Å². The van der Waals surface area contributed by atoms with Crippen molar-refractivity contribution in [2.45, 2.75) is 25.4 Å². The highest BCUT2D eigenvalue weighted by atomic mass is 16.3. The predicted octanol–water partition coefficient (Wildman–Crippen LogP) is 1.24. The monoisotopic (exact) mass is 207 g/mol. The van der Waals surface area contributed by atoms with E-state index in [1.165, 1.54) is 0 Å². The first kappa shape index (κ1) is 10.2. The van der Waals surface area contributed by atoms with Gasteiger partial charge in [0.2, 0.25) is 0 Å². The summed E-state index contributed by atoms with van der Waals surface area (Å²) in [6, 6.07) is 3.73. The van der Waals surface area contributed by atoms with Crippen LogP contribution in [0.25, 0.3) is 0 Å². The smallest absolute Gasteiger partial charge is 0.125 e. The Hall–Kier alpha value is -1.29. The zero-order valence-corrected chi connectivity index (χ0v) is 8.69. The number of pyridine rings is 1. The first-order valence-corrected chi connectivity index (χ1v) is 5.37. The number of rotatable bonds is 3. The topological polar surface area (TPSA) is 71.2 Å². The second-order valence-electron chi connectivity index (χ2n) is 4.18. The number of nitrogens with zero attached hydrogens (tertiary/aromatic N) is 1. The predicted molar refractivity (Wildman–Crippen MR) is 60.5 cm³/mol. The van der Waals surface area contributed by atoms with Gasteiger partial charge in [0, 0.05) is 24.5 Å². The van der Waals surface area contributed by atoms with Crippen molar-refractivity contribution in [2.24, 2.45) is 5.92 Å². The lowest BCUT2D eigenvalue weighted by atomic mass is 10.1. The van der Waals surface area contributed by atoms with Crippen molar-refractivity contribution in [3.05, 3.63) is 18.3 Å². The van der Waals surface area contributed by atoms with Gasteiger partial charge in [0.25, 0.3) is 0 Å². The third-order valence-corrected chi connectivity index (χ3v) is 2.89. The summed E-state index contributed by atoms with van der Waals surface area (Å²) in [7, 11) is 0. The third kappa shape index (κ3) is 2.83. The Bertz CT molecular complexity index is 329. The largest absolute Gasteiger partial charge is 0.393 e. The molecule has 2 unspecified atom stereocenters. The minimum absolute atomic E-state index is 0.0979. The molecule has 0 saturated heterocycles. The molecule has 82 valence electrons. The second-order valence-corrected chi connectivity index (χ2v) is 4.18. The van der Waals surface area contributed by atoms with Crippen molar-refractivity contribution in [1.29, 1.82) is 0 Å². The summed E-state index contributed by atoms with van der Waals surface area (Å²) >= 11 is 0. The van der Waals surface area contributed by atoms with E-state index in [1.807, 2.05) is 12.1 Å². The number of aromatic nitrogens is 1. The standard InChI is InChI=1S/C11H17N3O/c12-11-6-9(3-4-13-11)14-7-8-1-2-10(15)5-8/h3-4,6,8,10,15H,1-2,5,7H2,(H3,12,13,14). The van der Waals surface area contributed by atoms with Gasteiger partial charge >= 0.3 is 0 Å². The molecular formula is C11H17N3O. The number of nitrogens with one attached hydrogen (secondary N) is 1. The Labute approximate surface area is 89.5 Å². The molecule has 4 nitrogen and oxygen atoms in total. The van der Waals surface area contributed by atoms with Crippen LogP contribution in [0.3, 0.4) is 0 Å². The zero-order valence-electron chi connectivity index (χ0n) is 8.69. The molecule has 0 radical (unpaired) electrons.